The van der Waals surface area contributed by atoms with E-state index < -0.39 is 36.1 Å². The lowest BCUT2D eigenvalue weighted by molar-refractivity contribution is -0.142. The number of carboxylic acid groups (broad SMARTS) is 1. The van der Waals surface area contributed by atoms with Crippen molar-refractivity contribution in [1.29, 1.82) is 0 Å². The van der Waals surface area contributed by atoms with Crippen LogP contribution in [0.4, 0.5) is 0 Å². The Morgan fingerprint density at radius 2 is 1.64 bits per heavy atom. The maximum Gasteiger partial charge on any atom is 0.326 e. The quantitative estimate of drug-likeness (QED) is 0.355. The predicted molar refractivity (Wildman–Crippen MR) is 115 cm³/mol. The summed E-state index contributed by atoms with van der Waals surface area (Å²) in [4.78, 5) is 24.1. The molecule has 1 amide bonds. The number of carbonyl (C=O) groups excluding carboxylic acids is 1. The second-order valence-electron chi connectivity index (χ2n) is 7.11. The standard InChI is InChI=1S/C19H31N3O4.2ClH/c1-12(2)9-16(19(25)26)22-18(24)15(21-11-17(23)13(3)20)10-14-7-5-4-6-8-14;;/h4-8,12-13,15-17,21,23H,9-11,20H2,1-3H3,(H,22,24)(H,25,26);2*1H/t13-,15-,16-,17?;;/m0../s1. The molecule has 0 saturated heterocycles. The Labute approximate surface area is 179 Å². The first kappa shape index (κ1) is 28.8. The number of hydrogen-bond donors (Lipinski definition) is 5. The molecule has 1 unspecified atom stereocenters. The minimum absolute atomic E-state index is 0. The van der Waals surface area contributed by atoms with Gasteiger partial charge in [0.15, 0.2) is 0 Å². The molecule has 28 heavy (non-hydrogen) atoms. The fourth-order valence-corrected chi connectivity index (χ4v) is 2.52. The maximum atomic E-state index is 12.7. The molecule has 0 heterocycles. The molecule has 4 atom stereocenters. The molecule has 7 nitrogen and oxygen atoms in total. The van der Waals surface area contributed by atoms with E-state index in [1.165, 1.54) is 0 Å². The van der Waals surface area contributed by atoms with Crippen LogP contribution in [0, 0.1) is 5.92 Å². The van der Waals surface area contributed by atoms with Crippen molar-refractivity contribution < 1.29 is 19.8 Å². The Hall–Kier alpha value is -1.38. The van der Waals surface area contributed by atoms with E-state index in [9.17, 15) is 19.8 Å². The van der Waals surface area contributed by atoms with Gasteiger partial charge in [-0.05, 0) is 31.2 Å². The number of amides is 1. The molecule has 1 rings (SSSR count). The van der Waals surface area contributed by atoms with Gasteiger partial charge in [-0.15, -0.1) is 24.8 Å². The van der Waals surface area contributed by atoms with E-state index in [4.69, 9.17) is 5.73 Å². The summed E-state index contributed by atoms with van der Waals surface area (Å²) < 4.78 is 0. The largest absolute Gasteiger partial charge is 0.480 e. The van der Waals surface area contributed by atoms with E-state index in [0.717, 1.165) is 5.56 Å². The molecule has 0 aliphatic heterocycles. The average molecular weight is 438 g/mol. The Kier molecular flexibility index (Phi) is 15.0. The van der Waals surface area contributed by atoms with Crippen molar-refractivity contribution in [2.24, 2.45) is 11.7 Å². The summed E-state index contributed by atoms with van der Waals surface area (Å²) in [7, 11) is 0. The van der Waals surface area contributed by atoms with Gasteiger partial charge in [0.25, 0.3) is 0 Å². The van der Waals surface area contributed by atoms with E-state index in [1.54, 1.807) is 6.92 Å². The molecule has 0 fully saturated rings. The first-order chi connectivity index (χ1) is 12.2. The molecule has 1 aromatic rings. The number of nitrogens with one attached hydrogen (secondary N) is 2. The fraction of sp³-hybridized carbons (Fsp3) is 0.579. The Bertz CT molecular complexity index is 574. The van der Waals surface area contributed by atoms with Gasteiger partial charge in [0, 0.05) is 12.6 Å². The normalized spacial score (nSPS) is 14.8. The Morgan fingerprint density at radius 1 is 1.07 bits per heavy atom. The van der Waals surface area contributed by atoms with Crippen molar-refractivity contribution in [2.45, 2.75) is 57.8 Å². The van der Waals surface area contributed by atoms with Crippen LogP contribution in [0.3, 0.4) is 0 Å². The van der Waals surface area contributed by atoms with Gasteiger partial charge in [-0.1, -0.05) is 44.2 Å². The van der Waals surface area contributed by atoms with Crippen LogP contribution in [0.25, 0.3) is 0 Å². The van der Waals surface area contributed by atoms with Crippen LogP contribution in [0.5, 0.6) is 0 Å². The maximum absolute atomic E-state index is 12.7. The minimum Gasteiger partial charge on any atom is -0.480 e. The molecule has 0 aliphatic carbocycles. The van der Waals surface area contributed by atoms with Crippen molar-refractivity contribution >= 4 is 36.7 Å². The third kappa shape index (κ3) is 10.8. The monoisotopic (exact) mass is 437 g/mol. The summed E-state index contributed by atoms with van der Waals surface area (Å²) in [5.74, 6) is -1.32. The van der Waals surface area contributed by atoms with Crippen molar-refractivity contribution in [3.63, 3.8) is 0 Å². The van der Waals surface area contributed by atoms with Gasteiger partial charge >= 0.3 is 5.97 Å². The zero-order chi connectivity index (χ0) is 19.7. The predicted octanol–water partition coefficient (Wildman–Crippen LogP) is 1.35. The lowest BCUT2D eigenvalue weighted by atomic mass is 10.0. The number of carboxylic acids is 1. The number of aliphatic hydroxyl groups excluding tert-OH is 1. The molecule has 0 aliphatic rings. The molecule has 0 saturated carbocycles. The number of nitrogens with two attached hydrogens (primary N) is 1. The highest BCUT2D eigenvalue weighted by atomic mass is 35.5. The van der Waals surface area contributed by atoms with E-state index in [0.29, 0.717) is 12.8 Å². The average Bonchev–Trinajstić information content (AvgIpc) is 2.57. The van der Waals surface area contributed by atoms with Crippen molar-refractivity contribution in [3.8, 4) is 0 Å². The van der Waals surface area contributed by atoms with Gasteiger partial charge in [0.05, 0.1) is 12.1 Å². The Morgan fingerprint density at radius 3 is 2.11 bits per heavy atom. The van der Waals surface area contributed by atoms with Gasteiger partial charge in [-0.2, -0.15) is 0 Å². The molecule has 162 valence electrons. The van der Waals surface area contributed by atoms with Crippen molar-refractivity contribution in [3.05, 3.63) is 35.9 Å². The second-order valence-corrected chi connectivity index (χ2v) is 7.11. The van der Waals surface area contributed by atoms with Gasteiger partial charge < -0.3 is 26.6 Å². The SMILES string of the molecule is CC(C)C[C@H](NC(=O)[C@H](Cc1ccccc1)NCC(O)[C@H](C)N)C(=O)O.Cl.Cl. The number of benzene rings is 1. The highest BCUT2D eigenvalue weighted by Gasteiger charge is 2.26. The smallest absolute Gasteiger partial charge is 0.326 e. The zero-order valence-corrected chi connectivity index (χ0v) is 18.1. The lowest BCUT2D eigenvalue weighted by Gasteiger charge is -2.24. The molecule has 6 N–H and O–H groups in total. The van der Waals surface area contributed by atoms with Crippen LogP contribution in [0.1, 0.15) is 32.8 Å². The molecule has 0 spiro atoms. The molecule has 0 aromatic heterocycles. The topological polar surface area (TPSA) is 125 Å². The zero-order valence-electron chi connectivity index (χ0n) is 16.5. The third-order valence-electron chi connectivity index (χ3n) is 4.10. The minimum atomic E-state index is -1.05. The van der Waals surface area contributed by atoms with Gasteiger partial charge in [-0.3, -0.25) is 4.79 Å². The number of rotatable bonds is 11. The summed E-state index contributed by atoms with van der Waals surface area (Å²) in [6.07, 6.45) is -0.0690. The Balaban J connectivity index is 0. The van der Waals surface area contributed by atoms with Crippen molar-refractivity contribution in [2.75, 3.05) is 6.54 Å². The number of carbonyl (C=O) groups is 2. The van der Waals surface area contributed by atoms with Crippen LogP contribution in [0.2, 0.25) is 0 Å². The molecular formula is C19H33Cl2N3O4. The second kappa shape index (κ2) is 14.6. The van der Waals surface area contributed by atoms with Gasteiger partial charge in [-0.25, -0.2) is 4.79 Å². The van der Waals surface area contributed by atoms with Gasteiger partial charge in [0.1, 0.15) is 6.04 Å². The lowest BCUT2D eigenvalue weighted by Crippen LogP contribution is -2.53. The van der Waals surface area contributed by atoms with E-state index in [1.807, 2.05) is 44.2 Å². The molecule has 0 radical (unpaired) electrons. The highest BCUT2D eigenvalue weighted by Crippen LogP contribution is 2.08. The highest BCUT2D eigenvalue weighted by molar-refractivity contribution is 5.87. The summed E-state index contributed by atoms with van der Waals surface area (Å²) in [6.45, 7) is 5.63. The van der Waals surface area contributed by atoms with Crippen molar-refractivity contribution in [1.82, 2.24) is 10.6 Å². The van der Waals surface area contributed by atoms with E-state index in [-0.39, 0.29) is 37.3 Å². The van der Waals surface area contributed by atoms with Crippen LogP contribution in [-0.4, -0.2) is 52.9 Å². The number of halogens is 2. The molecule has 1 aromatic carbocycles. The summed E-state index contributed by atoms with van der Waals surface area (Å²) >= 11 is 0. The fourth-order valence-electron chi connectivity index (χ4n) is 2.52. The first-order valence-corrected chi connectivity index (χ1v) is 8.94. The van der Waals surface area contributed by atoms with Crippen LogP contribution in [-0.2, 0) is 16.0 Å². The van der Waals surface area contributed by atoms with Crippen LogP contribution >= 0.6 is 24.8 Å². The number of hydrogen-bond acceptors (Lipinski definition) is 5. The van der Waals surface area contributed by atoms with Crippen LogP contribution in [0.15, 0.2) is 30.3 Å². The summed E-state index contributed by atoms with van der Waals surface area (Å²) in [6, 6.07) is 7.38. The summed E-state index contributed by atoms with van der Waals surface area (Å²) in [5, 5.41) is 24.9. The molecule has 9 heteroatoms. The molecule has 0 bridgehead atoms. The summed E-state index contributed by atoms with van der Waals surface area (Å²) in [5.41, 5.74) is 6.59. The van der Waals surface area contributed by atoms with Crippen LogP contribution < -0.4 is 16.4 Å². The molecular weight excluding hydrogens is 405 g/mol. The number of aliphatic hydroxyl groups is 1. The van der Waals surface area contributed by atoms with Gasteiger partial charge in [0.2, 0.25) is 5.91 Å². The third-order valence-corrected chi connectivity index (χ3v) is 4.10. The van der Waals surface area contributed by atoms with E-state index >= 15 is 0 Å². The van der Waals surface area contributed by atoms with E-state index in [2.05, 4.69) is 10.6 Å². The number of aliphatic carboxylic acids is 1. The first-order valence-electron chi connectivity index (χ1n) is 8.94.